The Labute approximate surface area is 161 Å². The van der Waals surface area contributed by atoms with E-state index < -0.39 is 0 Å². The molecular weight excluding hydrogens is 355 g/mol. The second-order valence-electron chi connectivity index (χ2n) is 6.47. The van der Waals surface area contributed by atoms with Gasteiger partial charge in [-0.15, -0.1) is 6.58 Å². The Morgan fingerprint density at radius 3 is 2.57 bits per heavy atom. The van der Waals surface area contributed by atoms with E-state index in [1.54, 1.807) is 24.3 Å². The summed E-state index contributed by atoms with van der Waals surface area (Å²) in [5, 5.41) is 2.82. The Morgan fingerprint density at radius 1 is 1.11 bits per heavy atom. The Bertz CT molecular complexity index is 1120. The van der Waals surface area contributed by atoms with Crippen LogP contribution in [-0.4, -0.2) is 17.0 Å². The van der Waals surface area contributed by atoms with E-state index in [0.29, 0.717) is 30.1 Å². The molecule has 2 heterocycles. The van der Waals surface area contributed by atoms with Gasteiger partial charge in [0, 0.05) is 30.8 Å². The zero-order valence-corrected chi connectivity index (χ0v) is 15.2. The van der Waals surface area contributed by atoms with E-state index in [9.17, 15) is 9.18 Å². The van der Waals surface area contributed by atoms with E-state index >= 15 is 0 Å². The van der Waals surface area contributed by atoms with Gasteiger partial charge < -0.3 is 14.3 Å². The van der Waals surface area contributed by atoms with E-state index in [-0.39, 0.29) is 11.7 Å². The fourth-order valence-corrected chi connectivity index (χ4v) is 3.18. The van der Waals surface area contributed by atoms with Crippen molar-refractivity contribution in [1.29, 1.82) is 0 Å². The number of nitrogens with one attached hydrogen (secondary N) is 1. The van der Waals surface area contributed by atoms with Crippen LogP contribution in [0.15, 0.2) is 83.8 Å². The molecule has 0 atom stereocenters. The topological polar surface area (TPSA) is 47.2 Å². The van der Waals surface area contributed by atoms with Gasteiger partial charge in [0.2, 0.25) is 0 Å². The van der Waals surface area contributed by atoms with Gasteiger partial charge in [-0.1, -0.05) is 36.4 Å². The van der Waals surface area contributed by atoms with E-state index in [1.165, 1.54) is 12.1 Å². The van der Waals surface area contributed by atoms with Crippen molar-refractivity contribution in [2.75, 3.05) is 6.54 Å². The first kappa shape index (κ1) is 17.8. The molecule has 0 saturated heterocycles. The summed E-state index contributed by atoms with van der Waals surface area (Å²) in [5.74, 6) is 0.144. The summed E-state index contributed by atoms with van der Waals surface area (Å²) in [6, 6.07) is 19.7. The molecule has 28 heavy (non-hydrogen) atoms. The maximum atomic E-state index is 13.2. The first-order chi connectivity index (χ1) is 13.7. The Morgan fingerprint density at radius 2 is 1.86 bits per heavy atom. The summed E-state index contributed by atoms with van der Waals surface area (Å²) in [6.45, 7) is 4.55. The number of benzene rings is 2. The predicted molar refractivity (Wildman–Crippen MR) is 108 cm³/mol. The van der Waals surface area contributed by atoms with Crippen LogP contribution in [0.25, 0.3) is 22.4 Å². The van der Waals surface area contributed by atoms with Crippen molar-refractivity contribution in [2.24, 2.45) is 0 Å². The third-order valence-corrected chi connectivity index (χ3v) is 4.54. The summed E-state index contributed by atoms with van der Waals surface area (Å²) in [7, 11) is 0. The molecule has 4 rings (SSSR count). The average molecular weight is 374 g/mol. The first-order valence-corrected chi connectivity index (χ1v) is 8.98. The summed E-state index contributed by atoms with van der Waals surface area (Å²) >= 11 is 0. The fraction of sp³-hybridized carbons (Fsp3) is 0.0870. The molecule has 2 aromatic carbocycles. The zero-order chi connectivity index (χ0) is 19.5. The number of rotatable bonds is 6. The van der Waals surface area contributed by atoms with E-state index in [2.05, 4.69) is 11.9 Å². The molecule has 0 bridgehead atoms. The largest absolute Gasteiger partial charge is 0.454 e. The van der Waals surface area contributed by atoms with Crippen LogP contribution in [0.5, 0.6) is 0 Å². The van der Waals surface area contributed by atoms with Gasteiger partial charge in [-0.05, 0) is 29.8 Å². The normalized spacial score (nSPS) is 10.9. The predicted octanol–water partition coefficient (Wildman–Crippen LogP) is 5.00. The molecule has 140 valence electrons. The second kappa shape index (κ2) is 7.56. The second-order valence-corrected chi connectivity index (χ2v) is 6.47. The van der Waals surface area contributed by atoms with Crippen LogP contribution in [0.2, 0.25) is 0 Å². The third kappa shape index (κ3) is 3.47. The monoisotopic (exact) mass is 374 g/mol. The number of hydrogen-bond donors (Lipinski definition) is 1. The van der Waals surface area contributed by atoms with Gasteiger partial charge in [-0.2, -0.15) is 0 Å². The Hall–Kier alpha value is -3.60. The lowest BCUT2D eigenvalue weighted by molar-refractivity contribution is 0.0949. The van der Waals surface area contributed by atoms with Crippen molar-refractivity contribution < 1.29 is 13.6 Å². The maximum Gasteiger partial charge on any atom is 0.268 e. The molecule has 5 heteroatoms. The van der Waals surface area contributed by atoms with Gasteiger partial charge >= 0.3 is 0 Å². The molecule has 0 aliphatic rings. The minimum Gasteiger partial charge on any atom is -0.454 e. The van der Waals surface area contributed by atoms with Crippen LogP contribution >= 0.6 is 0 Å². The first-order valence-electron chi connectivity index (χ1n) is 8.98. The van der Waals surface area contributed by atoms with Gasteiger partial charge in [-0.25, -0.2) is 4.39 Å². The molecule has 0 aliphatic carbocycles. The maximum absolute atomic E-state index is 13.2. The van der Waals surface area contributed by atoms with Crippen molar-refractivity contribution in [3.63, 3.8) is 0 Å². The van der Waals surface area contributed by atoms with Gasteiger partial charge in [0.25, 0.3) is 5.91 Å². The number of carbonyl (C=O) groups is 1. The Balaban J connectivity index is 1.78. The standard InChI is InChI=1S/C23H19FN2O2/c1-2-12-25-23(27)20-14-22-19(26(20)15-16-6-4-3-5-7-16)13-21(28-22)17-8-10-18(24)11-9-17/h2-11,13-14H,1,12,15H2,(H,25,27). The number of hydrogen-bond acceptors (Lipinski definition) is 2. The van der Waals surface area contributed by atoms with E-state index in [1.807, 2.05) is 41.0 Å². The molecule has 2 aromatic heterocycles. The summed E-state index contributed by atoms with van der Waals surface area (Å²) in [6.07, 6.45) is 1.64. The lowest BCUT2D eigenvalue weighted by Gasteiger charge is -2.10. The minimum atomic E-state index is -0.297. The van der Waals surface area contributed by atoms with Crippen molar-refractivity contribution in [2.45, 2.75) is 6.54 Å². The molecule has 0 spiro atoms. The lowest BCUT2D eigenvalue weighted by Crippen LogP contribution is -2.26. The molecule has 4 nitrogen and oxygen atoms in total. The minimum absolute atomic E-state index is 0.189. The lowest BCUT2D eigenvalue weighted by atomic mass is 10.2. The smallest absolute Gasteiger partial charge is 0.268 e. The average Bonchev–Trinajstić information content (AvgIpc) is 3.27. The molecule has 1 N–H and O–H groups in total. The van der Waals surface area contributed by atoms with Crippen LogP contribution in [0.3, 0.4) is 0 Å². The molecule has 0 saturated carbocycles. The van der Waals surface area contributed by atoms with Crippen LogP contribution in [0.1, 0.15) is 16.1 Å². The molecule has 1 amide bonds. The van der Waals surface area contributed by atoms with E-state index in [4.69, 9.17) is 4.42 Å². The summed E-state index contributed by atoms with van der Waals surface area (Å²) < 4.78 is 21.1. The number of aromatic nitrogens is 1. The molecular formula is C23H19FN2O2. The van der Waals surface area contributed by atoms with E-state index in [0.717, 1.165) is 16.6 Å². The Kier molecular flexibility index (Phi) is 4.81. The van der Waals surface area contributed by atoms with Gasteiger partial charge in [0.1, 0.15) is 17.3 Å². The highest BCUT2D eigenvalue weighted by atomic mass is 19.1. The van der Waals surface area contributed by atoms with Crippen molar-refractivity contribution in [3.8, 4) is 11.3 Å². The third-order valence-electron chi connectivity index (χ3n) is 4.54. The van der Waals surface area contributed by atoms with Crippen molar-refractivity contribution in [1.82, 2.24) is 9.88 Å². The number of fused-ring (bicyclic) bond motifs is 1. The van der Waals surface area contributed by atoms with Crippen LogP contribution in [0.4, 0.5) is 4.39 Å². The molecule has 4 aromatic rings. The molecule has 0 fully saturated rings. The molecule has 0 radical (unpaired) electrons. The highest BCUT2D eigenvalue weighted by molar-refractivity contribution is 5.98. The highest BCUT2D eigenvalue weighted by Gasteiger charge is 2.19. The SMILES string of the molecule is C=CCNC(=O)c1cc2oc(-c3ccc(F)cc3)cc2n1Cc1ccccc1. The zero-order valence-electron chi connectivity index (χ0n) is 15.2. The molecule has 0 aliphatic heterocycles. The summed E-state index contributed by atoms with van der Waals surface area (Å²) in [5.41, 5.74) is 3.79. The summed E-state index contributed by atoms with van der Waals surface area (Å²) in [4.78, 5) is 12.6. The van der Waals surface area contributed by atoms with Crippen LogP contribution < -0.4 is 5.32 Å². The van der Waals surface area contributed by atoms with Crippen LogP contribution in [-0.2, 0) is 6.54 Å². The number of nitrogens with zero attached hydrogens (tertiary/aromatic N) is 1. The van der Waals surface area contributed by atoms with Gasteiger partial charge in [0.05, 0.1) is 5.52 Å². The number of furan rings is 1. The quantitative estimate of drug-likeness (QED) is 0.483. The van der Waals surface area contributed by atoms with Crippen molar-refractivity contribution in [3.05, 3.63) is 96.5 Å². The number of amides is 1. The number of halogens is 1. The van der Waals surface area contributed by atoms with Gasteiger partial charge in [-0.3, -0.25) is 4.79 Å². The molecule has 0 unspecified atom stereocenters. The van der Waals surface area contributed by atoms with Crippen molar-refractivity contribution >= 4 is 17.0 Å². The fourth-order valence-electron chi connectivity index (χ4n) is 3.18. The van der Waals surface area contributed by atoms with Crippen LogP contribution in [0, 0.1) is 5.82 Å². The van der Waals surface area contributed by atoms with Gasteiger partial charge in [0.15, 0.2) is 5.58 Å². The highest BCUT2D eigenvalue weighted by Crippen LogP contribution is 2.31. The number of carbonyl (C=O) groups excluding carboxylic acids is 1.